The fraction of sp³-hybridized carbons (Fsp3) is 0.286. The number of nitrogens with one attached hydrogen (secondary N) is 2. The molecule has 1 aromatic carbocycles. The van der Waals surface area contributed by atoms with Gasteiger partial charge in [0.1, 0.15) is 0 Å². The predicted octanol–water partition coefficient (Wildman–Crippen LogP) is 3.23. The molecule has 0 radical (unpaired) electrons. The fourth-order valence-electron chi connectivity index (χ4n) is 1.80. The zero-order chi connectivity index (χ0) is 14.5. The lowest BCUT2D eigenvalue weighted by atomic mass is 10.1. The van der Waals surface area contributed by atoms with Crippen LogP contribution in [-0.2, 0) is 20.0 Å². The highest BCUT2D eigenvalue weighted by Gasteiger charge is 2.06. The van der Waals surface area contributed by atoms with Gasteiger partial charge in [-0.1, -0.05) is 19.1 Å². The molecule has 20 heavy (non-hydrogen) atoms. The van der Waals surface area contributed by atoms with Crippen molar-refractivity contribution in [3.63, 3.8) is 0 Å². The lowest BCUT2D eigenvalue weighted by Crippen LogP contribution is -2.28. The summed E-state index contributed by atoms with van der Waals surface area (Å²) < 4.78 is 2.79. The molecular formula is C14H17BrN4S. The van der Waals surface area contributed by atoms with E-state index in [0.29, 0.717) is 11.7 Å². The second-order valence-corrected chi connectivity index (χ2v) is 5.68. The van der Waals surface area contributed by atoms with E-state index in [9.17, 15) is 0 Å². The summed E-state index contributed by atoms with van der Waals surface area (Å²) in [6.45, 7) is 2.76. The summed E-state index contributed by atoms with van der Waals surface area (Å²) in [6.07, 6.45) is 2.81. The second-order valence-electron chi connectivity index (χ2n) is 4.42. The Bertz CT molecular complexity index is 572. The van der Waals surface area contributed by atoms with Crippen LogP contribution in [0, 0.1) is 0 Å². The van der Waals surface area contributed by atoms with Gasteiger partial charge in [0.15, 0.2) is 5.11 Å². The first-order valence-electron chi connectivity index (χ1n) is 6.40. The highest BCUT2D eigenvalue weighted by atomic mass is 79.9. The molecule has 0 saturated carbocycles. The van der Waals surface area contributed by atoms with Crippen LogP contribution in [0.15, 0.2) is 34.9 Å². The van der Waals surface area contributed by atoms with Gasteiger partial charge in [-0.25, -0.2) is 0 Å². The first kappa shape index (κ1) is 15.0. The van der Waals surface area contributed by atoms with Gasteiger partial charge < -0.3 is 10.6 Å². The van der Waals surface area contributed by atoms with Crippen molar-refractivity contribution in [1.29, 1.82) is 0 Å². The molecule has 0 spiro atoms. The third kappa shape index (κ3) is 3.80. The maximum absolute atomic E-state index is 5.29. The number of anilines is 1. The number of hydrogen-bond donors (Lipinski definition) is 2. The van der Waals surface area contributed by atoms with E-state index in [1.165, 1.54) is 5.56 Å². The highest BCUT2D eigenvalue weighted by Crippen LogP contribution is 2.14. The summed E-state index contributed by atoms with van der Waals surface area (Å²) in [4.78, 5) is 0. The van der Waals surface area contributed by atoms with E-state index < -0.39 is 0 Å². The quantitative estimate of drug-likeness (QED) is 0.829. The number of halogens is 1. The molecule has 106 valence electrons. The van der Waals surface area contributed by atoms with Gasteiger partial charge in [0, 0.05) is 12.7 Å². The molecule has 0 aliphatic heterocycles. The molecule has 0 fully saturated rings. The van der Waals surface area contributed by atoms with E-state index in [0.717, 1.165) is 22.3 Å². The van der Waals surface area contributed by atoms with Crippen molar-refractivity contribution < 1.29 is 0 Å². The lowest BCUT2D eigenvalue weighted by Gasteiger charge is -2.11. The summed E-state index contributed by atoms with van der Waals surface area (Å²) >= 11 is 8.75. The van der Waals surface area contributed by atoms with Crippen molar-refractivity contribution in [3.8, 4) is 0 Å². The number of aromatic nitrogens is 2. The average molecular weight is 353 g/mol. The zero-order valence-corrected chi connectivity index (χ0v) is 13.9. The third-order valence-corrected chi connectivity index (χ3v) is 3.96. The van der Waals surface area contributed by atoms with Crippen molar-refractivity contribution in [1.82, 2.24) is 15.1 Å². The molecule has 1 aromatic heterocycles. The summed E-state index contributed by atoms with van der Waals surface area (Å²) in [7, 11) is 1.90. The minimum atomic E-state index is 0.599. The smallest absolute Gasteiger partial charge is 0.171 e. The molecule has 0 atom stereocenters. The molecule has 0 aliphatic rings. The van der Waals surface area contributed by atoms with E-state index in [2.05, 4.69) is 50.7 Å². The van der Waals surface area contributed by atoms with Crippen LogP contribution in [0.5, 0.6) is 0 Å². The van der Waals surface area contributed by atoms with E-state index in [1.54, 1.807) is 6.20 Å². The SMILES string of the molecule is CCc1ccc(NC(=S)NCc2c(Br)cnn2C)cc1. The average Bonchev–Trinajstić information content (AvgIpc) is 2.77. The van der Waals surface area contributed by atoms with Crippen LogP contribution < -0.4 is 10.6 Å². The molecule has 2 N–H and O–H groups in total. The van der Waals surface area contributed by atoms with Crippen molar-refractivity contribution in [2.75, 3.05) is 5.32 Å². The van der Waals surface area contributed by atoms with Gasteiger partial charge in [-0.3, -0.25) is 4.68 Å². The molecule has 0 amide bonds. The lowest BCUT2D eigenvalue weighted by molar-refractivity contribution is 0.693. The summed E-state index contributed by atoms with van der Waals surface area (Å²) in [5, 5.41) is 11.1. The second kappa shape index (κ2) is 6.85. The molecule has 2 rings (SSSR count). The summed E-state index contributed by atoms with van der Waals surface area (Å²) in [5.74, 6) is 0. The van der Waals surface area contributed by atoms with Gasteiger partial charge in [0.2, 0.25) is 0 Å². The molecule has 4 nitrogen and oxygen atoms in total. The van der Waals surface area contributed by atoms with Crippen LogP contribution in [0.1, 0.15) is 18.2 Å². The molecule has 1 heterocycles. The van der Waals surface area contributed by atoms with Gasteiger partial charge in [0.05, 0.1) is 22.9 Å². The van der Waals surface area contributed by atoms with E-state index in [-0.39, 0.29) is 0 Å². The summed E-state index contributed by atoms with van der Waals surface area (Å²) in [5.41, 5.74) is 3.35. The Morgan fingerprint density at radius 2 is 2.05 bits per heavy atom. The van der Waals surface area contributed by atoms with Gasteiger partial charge in [-0.15, -0.1) is 0 Å². The molecule has 6 heteroatoms. The molecule has 2 aromatic rings. The van der Waals surface area contributed by atoms with Crippen LogP contribution in [0.25, 0.3) is 0 Å². The normalized spacial score (nSPS) is 10.3. The Morgan fingerprint density at radius 1 is 1.35 bits per heavy atom. The number of thiocarbonyl (C=S) groups is 1. The number of aryl methyl sites for hydroxylation is 2. The predicted molar refractivity (Wildman–Crippen MR) is 89.8 cm³/mol. The fourth-order valence-corrected chi connectivity index (χ4v) is 2.48. The van der Waals surface area contributed by atoms with Crippen LogP contribution in [0.2, 0.25) is 0 Å². The Hall–Kier alpha value is -1.40. The topological polar surface area (TPSA) is 41.9 Å². The zero-order valence-electron chi connectivity index (χ0n) is 11.5. The maximum atomic E-state index is 5.29. The Balaban J connectivity index is 1.89. The minimum absolute atomic E-state index is 0.599. The third-order valence-electron chi connectivity index (χ3n) is 3.05. The van der Waals surface area contributed by atoms with Crippen molar-refractivity contribution in [2.45, 2.75) is 19.9 Å². The van der Waals surface area contributed by atoms with Gasteiger partial charge in [-0.2, -0.15) is 5.10 Å². The number of rotatable bonds is 4. The molecule has 0 aliphatic carbocycles. The van der Waals surface area contributed by atoms with E-state index in [4.69, 9.17) is 12.2 Å². The van der Waals surface area contributed by atoms with Gasteiger partial charge in [-0.05, 0) is 52.3 Å². The molecule has 0 saturated heterocycles. The maximum Gasteiger partial charge on any atom is 0.171 e. The summed E-state index contributed by atoms with van der Waals surface area (Å²) in [6, 6.07) is 8.27. The Labute approximate surface area is 132 Å². The highest BCUT2D eigenvalue weighted by molar-refractivity contribution is 9.10. The minimum Gasteiger partial charge on any atom is -0.357 e. The number of hydrogen-bond acceptors (Lipinski definition) is 2. The standard InChI is InChI=1S/C14H17BrN4S/c1-3-10-4-6-11(7-5-10)18-14(20)16-9-13-12(15)8-17-19(13)2/h4-8H,3,9H2,1-2H3,(H2,16,18,20). The molecule has 0 bridgehead atoms. The van der Waals surface area contributed by atoms with Crippen molar-refractivity contribution >= 4 is 38.9 Å². The van der Waals surface area contributed by atoms with Gasteiger partial charge >= 0.3 is 0 Å². The van der Waals surface area contributed by atoms with E-state index >= 15 is 0 Å². The van der Waals surface area contributed by atoms with Crippen LogP contribution in [-0.4, -0.2) is 14.9 Å². The molecule has 0 unspecified atom stereocenters. The first-order valence-corrected chi connectivity index (χ1v) is 7.60. The van der Waals surface area contributed by atoms with Crippen LogP contribution in [0.4, 0.5) is 5.69 Å². The molecular weight excluding hydrogens is 336 g/mol. The van der Waals surface area contributed by atoms with E-state index in [1.807, 2.05) is 23.9 Å². The Kier molecular flexibility index (Phi) is 5.14. The monoisotopic (exact) mass is 352 g/mol. The Morgan fingerprint density at radius 3 is 2.60 bits per heavy atom. The first-order chi connectivity index (χ1) is 9.60. The van der Waals surface area contributed by atoms with Crippen molar-refractivity contribution in [3.05, 3.63) is 46.2 Å². The van der Waals surface area contributed by atoms with Crippen LogP contribution in [0.3, 0.4) is 0 Å². The van der Waals surface area contributed by atoms with Gasteiger partial charge in [0.25, 0.3) is 0 Å². The van der Waals surface area contributed by atoms with Crippen LogP contribution >= 0.6 is 28.1 Å². The largest absolute Gasteiger partial charge is 0.357 e. The number of benzene rings is 1. The van der Waals surface area contributed by atoms with Crippen molar-refractivity contribution in [2.24, 2.45) is 7.05 Å². The number of nitrogens with zero attached hydrogens (tertiary/aromatic N) is 2.